The Labute approximate surface area is 155 Å². The standard InChI is InChI=1S/C18H20N6O3/c1-3-8-19-18(26)24-15-7-5-12-17(22-15)23-16(10-20-12)21-11-4-6-14(27-2)13(25)9-11/h4-7,9-10,25H,3,8H2,1-2H3,(H3,19,21,22,23,24,26). The van der Waals surface area contributed by atoms with Gasteiger partial charge in [-0.25, -0.2) is 19.7 Å². The van der Waals surface area contributed by atoms with E-state index < -0.39 is 0 Å². The van der Waals surface area contributed by atoms with Crippen LogP contribution < -0.4 is 20.7 Å². The van der Waals surface area contributed by atoms with Gasteiger partial charge in [0.05, 0.1) is 13.3 Å². The van der Waals surface area contributed by atoms with E-state index in [2.05, 4.69) is 30.9 Å². The fourth-order valence-corrected chi connectivity index (χ4v) is 2.34. The van der Waals surface area contributed by atoms with E-state index in [0.29, 0.717) is 40.8 Å². The summed E-state index contributed by atoms with van der Waals surface area (Å²) in [5.41, 5.74) is 1.60. The molecule has 0 aliphatic rings. The van der Waals surface area contributed by atoms with Gasteiger partial charge in [-0.05, 0) is 30.7 Å². The largest absolute Gasteiger partial charge is 0.504 e. The molecule has 27 heavy (non-hydrogen) atoms. The molecule has 2 aromatic heterocycles. The van der Waals surface area contributed by atoms with Crippen LogP contribution in [0, 0.1) is 0 Å². The average Bonchev–Trinajstić information content (AvgIpc) is 2.66. The minimum Gasteiger partial charge on any atom is -0.504 e. The number of nitrogens with zero attached hydrogens (tertiary/aromatic N) is 3. The van der Waals surface area contributed by atoms with Gasteiger partial charge in [-0.15, -0.1) is 0 Å². The molecule has 0 saturated carbocycles. The maximum atomic E-state index is 11.8. The molecule has 9 nitrogen and oxygen atoms in total. The third-order valence-corrected chi connectivity index (χ3v) is 3.64. The van der Waals surface area contributed by atoms with Crippen LogP contribution in [0.25, 0.3) is 11.2 Å². The second-order valence-corrected chi connectivity index (χ2v) is 5.69. The summed E-state index contributed by atoms with van der Waals surface area (Å²) in [5, 5.41) is 18.3. The van der Waals surface area contributed by atoms with Crippen molar-refractivity contribution in [2.24, 2.45) is 0 Å². The number of hydrogen-bond donors (Lipinski definition) is 4. The minimum atomic E-state index is -0.320. The van der Waals surface area contributed by atoms with E-state index in [9.17, 15) is 9.90 Å². The molecule has 2 amide bonds. The molecule has 0 bridgehead atoms. The van der Waals surface area contributed by atoms with Gasteiger partial charge in [0.25, 0.3) is 0 Å². The summed E-state index contributed by atoms with van der Waals surface area (Å²) in [6.07, 6.45) is 2.41. The number of nitrogens with one attached hydrogen (secondary N) is 3. The number of amides is 2. The molecule has 0 saturated heterocycles. The lowest BCUT2D eigenvalue weighted by molar-refractivity contribution is 0.252. The molecule has 0 atom stereocenters. The molecular weight excluding hydrogens is 348 g/mol. The number of benzene rings is 1. The SMILES string of the molecule is CCCNC(=O)Nc1ccc2ncc(Nc3ccc(OC)c(O)c3)nc2n1. The number of carbonyl (C=O) groups excluding carboxylic acids is 1. The summed E-state index contributed by atoms with van der Waals surface area (Å²) in [5.74, 6) is 1.22. The highest BCUT2D eigenvalue weighted by molar-refractivity contribution is 5.89. The van der Waals surface area contributed by atoms with Crippen molar-refractivity contribution in [1.82, 2.24) is 20.3 Å². The smallest absolute Gasteiger partial charge is 0.320 e. The van der Waals surface area contributed by atoms with Crippen molar-refractivity contribution in [2.75, 3.05) is 24.3 Å². The van der Waals surface area contributed by atoms with E-state index in [1.165, 1.54) is 13.2 Å². The summed E-state index contributed by atoms with van der Waals surface area (Å²) < 4.78 is 5.02. The van der Waals surface area contributed by atoms with Crippen molar-refractivity contribution in [2.45, 2.75) is 13.3 Å². The van der Waals surface area contributed by atoms with Crippen LogP contribution in [0.2, 0.25) is 0 Å². The number of hydrogen-bond acceptors (Lipinski definition) is 7. The number of urea groups is 1. The lowest BCUT2D eigenvalue weighted by atomic mass is 10.3. The summed E-state index contributed by atoms with van der Waals surface area (Å²) in [7, 11) is 1.48. The number of anilines is 3. The van der Waals surface area contributed by atoms with Crippen molar-refractivity contribution in [1.29, 1.82) is 0 Å². The number of pyridine rings is 1. The molecule has 9 heteroatoms. The number of fused-ring (bicyclic) bond motifs is 1. The van der Waals surface area contributed by atoms with Gasteiger partial charge >= 0.3 is 6.03 Å². The molecule has 3 rings (SSSR count). The summed E-state index contributed by atoms with van der Waals surface area (Å²) in [6, 6.07) is 7.98. The molecule has 0 aliphatic heterocycles. The predicted molar refractivity (Wildman–Crippen MR) is 103 cm³/mol. The number of aromatic nitrogens is 3. The van der Waals surface area contributed by atoms with Gasteiger partial charge in [0.15, 0.2) is 23.0 Å². The van der Waals surface area contributed by atoms with Crippen LogP contribution in [0.1, 0.15) is 13.3 Å². The molecule has 140 valence electrons. The molecule has 1 aromatic carbocycles. The van der Waals surface area contributed by atoms with E-state index in [0.717, 1.165) is 6.42 Å². The fourth-order valence-electron chi connectivity index (χ4n) is 2.34. The van der Waals surface area contributed by atoms with Gasteiger partial charge in [-0.1, -0.05) is 6.92 Å². The lowest BCUT2D eigenvalue weighted by Gasteiger charge is -2.09. The first-order chi connectivity index (χ1) is 13.1. The first-order valence-corrected chi connectivity index (χ1v) is 8.41. The van der Waals surface area contributed by atoms with Gasteiger partial charge < -0.3 is 20.5 Å². The first kappa shape index (κ1) is 18.2. The topological polar surface area (TPSA) is 121 Å². The second kappa shape index (κ2) is 8.17. The maximum Gasteiger partial charge on any atom is 0.320 e. The van der Waals surface area contributed by atoms with E-state index in [4.69, 9.17) is 4.74 Å². The van der Waals surface area contributed by atoms with Crippen LogP contribution in [0.5, 0.6) is 11.5 Å². The van der Waals surface area contributed by atoms with E-state index >= 15 is 0 Å². The van der Waals surface area contributed by atoms with Gasteiger partial charge in [-0.3, -0.25) is 5.32 Å². The van der Waals surface area contributed by atoms with Crippen molar-refractivity contribution in [3.63, 3.8) is 0 Å². The Morgan fingerprint density at radius 1 is 1.19 bits per heavy atom. The van der Waals surface area contributed by atoms with Crippen LogP contribution in [-0.4, -0.2) is 39.7 Å². The predicted octanol–water partition coefficient (Wildman–Crippen LogP) is 3.01. The number of methoxy groups -OCH3 is 1. The quantitative estimate of drug-likeness (QED) is 0.527. The molecule has 0 unspecified atom stereocenters. The van der Waals surface area contributed by atoms with Crippen LogP contribution in [0.4, 0.5) is 22.1 Å². The third-order valence-electron chi connectivity index (χ3n) is 3.64. The van der Waals surface area contributed by atoms with Gasteiger partial charge in [0.1, 0.15) is 11.3 Å². The molecule has 0 radical (unpaired) electrons. The normalized spacial score (nSPS) is 10.4. The third kappa shape index (κ3) is 4.51. The molecule has 4 N–H and O–H groups in total. The zero-order valence-corrected chi connectivity index (χ0v) is 15.0. The molecule has 2 heterocycles. The first-order valence-electron chi connectivity index (χ1n) is 8.41. The molecule has 0 spiro atoms. The second-order valence-electron chi connectivity index (χ2n) is 5.69. The van der Waals surface area contributed by atoms with Crippen LogP contribution in [0.15, 0.2) is 36.5 Å². The Hall–Kier alpha value is -3.62. The number of aromatic hydroxyl groups is 1. The summed E-state index contributed by atoms with van der Waals surface area (Å²) in [4.78, 5) is 24.8. The van der Waals surface area contributed by atoms with E-state index in [1.54, 1.807) is 30.5 Å². The Kier molecular flexibility index (Phi) is 5.50. The number of phenolic OH excluding ortho intramolecular Hbond substituents is 1. The Morgan fingerprint density at radius 3 is 2.74 bits per heavy atom. The van der Waals surface area contributed by atoms with Gasteiger partial charge in [-0.2, -0.15) is 0 Å². The van der Waals surface area contributed by atoms with Crippen LogP contribution in [-0.2, 0) is 0 Å². The van der Waals surface area contributed by atoms with E-state index in [1.807, 2.05) is 6.92 Å². The highest BCUT2D eigenvalue weighted by atomic mass is 16.5. The lowest BCUT2D eigenvalue weighted by Crippen LogP contribution is -2.29. The summed E-state index contributed by atoms with van der Waals surface area (Å²) >= 11 is 0. The number of rotatable bonds is 6. The maximum absolute atomic E-state index is 11.8. The Balaban J connectivity index is 1.79. The molecule has 0 aliphatic carbocycles. The zero-order valence-electron chi connectivity index (χ0n) is 15.0. The van der Waals surface area contributed by atoms with Crippen LogP contribution >= 0.6 is 0 Å². The summed E-state index contributed by atoms with van der Waals surface area (Å²) in [6.45, 7) is 2.56. The van der Waals surface area contributed by atoms with Crippen molar-refractivity contribution < 1.29 is 14.6 Å². The highest BCUT2D eigenvalue weighted by Gasteiger charge is 2.07. The minimum absolute atomic E-state index is 0.0129. The Bertz CT molecular complexity index is 963. The molecule has 3 aromatic rings. The fraction of sp³-hybridized carbons (Fsp3) is 0.222. The monoisotopic (exact) mass is 368 g/mol. The van der Waals surface area contributed by atoms with Crippen molar-refractivity contribution in [3.8, 4) is 11.5 Å². The average molecular weight is 368 g/mol. The highest BCUT2D eigenvalue weighted by Crippen LogP contribution is 2.29. The van der Waals surface area contributed by atoms with E-state index in [-0.39, 0.29) is 11.8 Å². The van der Waals surface area contributed by atoms with Gasteiger partial charge in [0.2, 0.25) is 0 Å². The van der Waals surface area contributed by atoms with Gasteiger partial charge in [0, 0.05) is 18.3 Å². The molecular formula is C18H20N6O3. The number of phenols is 1. The van der Waals surface area contributed by atoms with Crippen molar-refractivity contribution in [3.05, 3.63) is 36.5 Å². The Morgan fingerprint density at radius 2 is 2.00 bits per heavy atom. The van der Waals surface area contributed by atoms with Crippen molar-refractivity contribution >= 4 is 34.5 Å². The zero-order chi connectivity index (χ0) is 19.2. The number of carbonyl (C=O) groups is 1. The number of ether oxygens (including phenoxy) is 1. The van der Waals surface area contributed by atoms with Crippen LogP contribution in [0.3, 0.4) is 0 Å². The molecule has 0 fully saturated rings.